The Morgan fingerprint density at radius 1 is 1.47 bits per heavy atom. The minimum Gasteiger partial charge on any atom is -0.387 e. The molecule has 1 saturated carbocycles. The van der Waals surface area contributed by atoms with Gasteiger partial charge in [-0.1, -0.05) is 30.7 Å². The Morgan fingerprint density at radius 3 is 2.68 bits per heavy atom. The lowest BCUT2D eigenvalue weighted by Crippen LogP contribution is -2.32. The van der Waals surface area contributed by atoms with Crippen molar-refractivity contribution < 1.29 is 9.50 Å². The zero-order valence-corrected chi connectivity index (χ0v) is 11.6. The molecule has 0 aromatic heterocycles. The van der Waals surface area contributed by atoms with E-state index in [9.17, 15) is 14.8 Å². The van der Waals surface area contributed by atoms with Gasteiger partial charge in [0.25, 0.3) is 0 Å². The van der Waals surface area contributed by atoms with Crippen LogP contribution in [0.25, 0.3) is 0 Å². The van der Waals surface area contributed by atoms with Crippen molar-refractivity contribution in [2.75, 3.05) is 0 Å². The highest BCUT2D eigenvalue weighted by molar-refractivity contribution is 6.30. The number of nitriles is 1. The molecule has 4 heteroatoms. The summed E-state index contributed by atoms with van der Waals surface area (Å²) in [5.41, 5.74) is -0.763. The van der Waals surface area contributed by atoms with Gasteiger partial charge in [0.2, 0.25) is 0 Å². The quantitative estimate of drug-likeness (QED) is 0.881. The molecule has 0 saturated heterocycles. The third kappa shape index (κ3) is 2.61. The van der Waals surface area contributed by atoms with E-state index in [0.29, 0.717) is 18.8 Å². The molecule has 1 atom stereocenters. The van der Waals surface area contributed by atoms with Crippen LogP contribution in [0.3, 0.4) is 0 Å². The lowest BCUT2D eigenvalue weighted by atomic mass is 9.67. The molecule has 0 heterocycles. The maximum atomic E-state index is 14.0. The normalized spacial score (nSPS) is 28.7. The fraction of sp³-hybridized carbons (Fsp3) is 0.533. The molecule has 102 valence electrons. The highest BCUT2D eigenvalue weighted by Crippen LogP contribution is 2.47. The maximum absolute atomic E-state index is 14.0. The topological polar surface area (TPSA) is 44.0 Å². The van der Waals surface area contributed by atoms with Crippen LogP contribution in [0.15, 0.2) is 18.2 Å². The van der Waals surface area contributed by atoms with Crippen LogP contribution in [0.4, 0.5) is 4.39 Å². The van der Waals surface area contributed by atoms with E-state index >= 15 is 0 Å². The van der Waals surface area contributed by atoms with E-state index in [1.54, 1.807) is 6.07 Å². The van der Waals surface area contributed by atoms with Crippen LogP contribution < -0.4 is 0 Å². The maximum Gasteiger partial charge on any atom is 0.147 e. The fourth-order valence-corrected chi connectivity index (χ4v) is 2.93. The molecule has 2 nitrogen and oxygen atoms in total. The van der Waals surface area contributed by atoms with Crippen molar-refractivity contribution in [2.45, 2.75) is 38.7 Å². The number of aliphatic hydroxyl groups excluding tert-OH is 1. The van der Waals surface area contributed by atoms with E-state index in [2.05, 4.69) is 13.0 Å². The van der Waals surface area contributed by atoms with Crippen LogP contribution in [0.1, 0.15) is 44.3 Å². The van der Waals surface area contributed by atoms with E-state index in [1.807, 2.05) is 0 Å². The Morgan fingerprint density at radius 2 is 2.11 bits per heavy atom. The molecule has 0 radical (unpaired) electrons. The Hall–Kier alpha value is -1.11. The molecule has 0 amide bonds. The van der Waals surface area contributed by atoms with E-state index in [4.69, 9.17) is 11.6 Å². The zero-order chi connectivity index (χ0) is 14.0. The molecular weight excluding hydrogens is 265 g/mol. The van der Waals surface area contributed by atoms with Gasteiger partial charge in [-0.15, -0.1) is 0 Å². The fourth-order valence-electron chi connectivity index (χ4n) is 2.75. The summed E-state index contributed by atoms with van der Waals surface area (Å²) >= 11 is 5.74. The molecule has 1 unspecified atom stereocenters. The predicted octanol–water partition coefficient (Wildman–Crippen LogP) is 4.23. The monoisotopic (exact) mass is 281 g/mol. The minimum absolute atomic E-state index is 0.0196. The molecular formula is C15H17ClFNO. The Bertz CT molecular complexity index is 503. The first kappa shape index (κ1) is 14.3. The number of hydrogen-bond donors (Lipinski definition) is 1. The second-order valence-corrected chi connectivity index (χ2v) is 5.90. The first-order valence-corrected chi connectivity index (χ1v) is 6.91. The molecule has 0 aliphatic heterocycles. The van der Waals surface area contributed by atoms with Gasteiger partial charge in [0, 0.05) is 5.56 Å². The van der Waals surface area contributed by atoms with Crippen molar-refractivity contribution in [3.05, 3.63) is 34.6 Å². The number of nitrogens with zero attached hydrogens (tertiary/aromatic N) is 1. The standard InChI is InChI=1S/C15H17ClFNO/c1-10-5-7-15(9-18,8-6-10)14(19)11-3-2-4-12(16)13(11)17/h2-4,10,14,19H,5-8H2,1H3. The van der Waals surface area contributed by atoms with Gasteiger partial charge in [0.05, 0.1) is 16.5 Å². The van der Waals surface area contributed by atoms with E-state index < -0.39 is 17.3 Å². The summed E-state index contributed by atoms with van der Waals surface area (Å²) < 4.78 is 14.0. The van der Waals surface area contributed by atoms with E-state index in [0.717, 1.165) is 12.8 Å². The van der Waals surface area contributed by atoms with Crippen molar-refractivity contribution in [1.29, 1.82) is 5.26 Å². The molecule has 1 N–H and O–H groups in total. The van der Waals surface area contributed by atoms with Crippen LogP contribution in [-0.4, -0.2) is 5.11 Å². The molecule has 19 heavy (non-hydrogen) atoms. The number of halogens is 2. The van der Waals surface area contributed by atoms with Gasteiger partial charge in [-0.25, -0.2) is 4.39 Å². The second kappa shape index (κ2) is 5.48. The van der Waals surface area contributed by atoms with Gasteiger partial charge in [-0.2, -0.15) is 5.26 Å². The Labute approximate surface area is 117 Å². The molecule has 1 aromatic carbocycles. The van der Waals surface area contributed by atoms with Gasteiger partial charge < -0.3 is 5.11 Å². The number of hydrogen-bond acceptors (Lipinski definition) is 2. The second-order valence-electron chi connectivity index (χ2n) is 5.50. The largest absolute Gasteiger partial charge is 0.387 e. The summed E-state index contributed by atoms with van der Waals surface area (Å²) in [7, 11) is 0. The smallest absolute Gasteiger partial charge is 0.147 e. The van der Waals surface area contributed by atoms with Crippen molar-refractivity contribution in [3.8, 4) is 6.07 Å². The summed E-state index contributed by atoms with van der Waals surface area (Å²) in [5.74, 6) is -0.0669. The summed E-state index contributed by atoms with van der Waals surface area (Å²) in [5, 5.41) is 19.9. The molecule has 1 fully saturated rings. The average molecular weight is 282 g/mol. The van der Waals surface area contributed by atoms with Gasteiger partial charge in [0.1, 0.15) is 11.9 Å². The van der Waals surface area contributed by atoms with Crippen LogP contribution in [-0.2, 0) is 0 Å². The van der Waals surface area contributed by atoms with Crippen LogP contribution in [0.2, 0.25) is 5.02 Å². The molecule has 1 aliphatic carbocycles. The first-order valence-electron chi connectivity index (χ1n) is 6.53. The van der Waals surface area contributed by atoms with Gasteiger partial charge in [-0.3, -0.25) is 0 Å². The number of rotatable bonds is 2. The van der Waals surface area contributed by atoms with Gasteiger partial charge in [-0.05, 0) is 37.7 Å². The zero-order valence-electron chi connectivity index (χ0n) is 10.9. The predicted molar refractivity (Wildman–Crippen MR) is 72.0 cm³/mol. The third-order valence-electron chi connectivity index (χ3n) is 4.19. The van der Waals surface area contributed by atoms with Crippen LogP contribution >= 0.6 is 11.6 Å². The summed E-state index contributed by atoms with van der Waals surface area (Å²) in [6, 6.07) is 6.76. The van der Waals surface area contributed by atoms with Gasteiger partial charge in [0.15, 0.2) is 0 Å². The number of benzene rings is 1. The molecule has 1 aromatic rings. The van der Waals surface area contributed by atoms with Crippen molar-refractivity contribution in [2.24, 2.45) is 11.3 Å². The summed E-state index contributed by atoms with van der Waals surface area (Å²) in [6.07, 6.45) is 1.83. The third-order valence-corrected chi connectivity index (χ3v) is 4.48. The van der Waals surface area contributed by atoms with Gasteiger partial charge >= 0.3 is 0 Å². The molecule has 0 bridgehead atoms. The van der Waals surface area contributed by atoms with Crippen molar-refractivity contribution in [3.63, 3.8) is 0 Å². The summed E-state index contributed by atoms with van der Waals surface area (Å²) in [6.45, 7) is 2.13. The van der Waals surface area contributed by atoms with Crippen LogP contribution in [0, 0.1) is 28.5 Å². The Balaban J connectivity index is 2.34. The SMILES string of the molecule is CC1CCC(C#N)(C(O)c2cccc(Cl)c2F)CC1. The molecule has 1 aliphatic rings. The Kier molecular flexibility index (Phi) is 4.13. The lowest BCUT2D eigenvalue weighted by molar-refractivity contribution is 0.0242. The average Bonchev–Trinajstić information content (AvgIpc) is 2.42. The van der Waals surface area contributed by atoms with Crippen LogP contribution in [0.5, 0.6) is 0 Å². The number of aliphatic hydroxyl groups is 1. The lowest BCUT2D eigenvalue weighted by Gasteiger charge is -2.37. The van der Waals surface area contributed by atoms with E-state index in [-0.39, 0.29) is 10.6 Å². The highest BCUT2D eigenvalue weighted by Gasteiger charge is 2.42. The minimum atomic E-state index is -1.12. The molecule has 0 spiro atoms. The molecule has 2 rings (SSSR count). The first-order chi connectivity index (χ1) is 9.00. The highest BCUT2D eigenvalue weighted by atomic mass is 35.5. The summed E-state index contributed by atoms with van der Waals surface area (Å²) in [4.78, 5) is 0. The van der Waals surface area contributed by atoms with Crippen molar-refractivity contribution in [1.82, 2.24) is 0 Å². The van der Waals surface area contributed by atoms with E-state index in [1.165, 1.54) is 12.1 Å². The van der Waals surface area contributed by atoms with Crippen molar-refractivity contribution >= 4 is 11.6 Å².